The summed E-state index contributed by atoms with van der Waals surface area (Å²) in [5.41, 5.74) is 0.617. The van der Waals surface area contributed by atoms with Crippen LogP contribution in [0.2, 0.25) is 0 Å². The summed E-state index contributed by atoms with van der Waals surface area (Å²) in [6.45, 7) is 8.31. The molecule has 1 amide bonds. The maximum Gasteiger partial charge on any atom is 0.251 e. The molecule has 0 unspecified atom stereocenters. The second-order valence-electron chi connectivity index (χ2n) is 9.81. The second kappa shape index (κ2) is 7.73. The van der Waals surface area contributed by atoms with Gasteiger partial charge in [-0.1, -0.05) is 18.2 Å². The van der Waals surface area contributed by atoms with Gasteiger partial charge in [0.05, 0.1) is 18.8 Å². The molecule has 176 valence electrons. The van der Waals surface area contributed by atoms with E-state index in [0.717, 1.165) is 0 Å². The van der Waals surface area contributed by atoms with E-state index in [1.165, 1.54) is 0 Å². The van der Waals surface area contributed by atoms with E-state index in [-0.39, 0.29) is 30.3 Å². The highest BCUT2D eigenvalue weighted by molar-refractivity contribution is 5.94. The average molecular weight is 449 g/mol. The van der Waals surface area contributed by atoms with Crippen molar-refractivity contribution in [2.75, 3.05) is 20.2 Å². The zero-order valence-electron chi connectivity index (χ0n) is 19.2. The molecule has 0 spiro atoms. The molecule has 0 aromatic heterocycles. The van der Waals surface area contributed by atoms with E-state index in [0.29, 0.717) is 25.1 Å². The summed E-state index contributed by atoms with van der Waals surface area (Å²) in [5, 5.41) is 4.72. The second-order valence-corrected chi connectivity index (χ2v) is 9.81. The zero-order chi connectivity index (χ0) is 22.7. The van der Waals surface area contributed by atoms with Crippen LogP contribution in [0.4, 0.5) is 0 Å². The van der Waals surface area contributed by atoms with Crippen LogP contribution in [-0.2, 0) is 28.5 Å². The summed E-state index contributed by atoms with van der Waals surface area (Å²) in [4.78, 5) is 18.5. The summed E-state index contributed by atoms with van der Waals surface area (Å²) >= 11 is 0. The number of nitrogens with one attached hydrogen (secondary N) is 1. The number of carbonyl (C=O) groups excluding carboxylic acids is 1. The van der Waals surface area contributed by atoms with Crippen LogP contribution in [0.3, 0.4) is 0 Å². The van der Waals surface area contributed by atoms with E-state index in [1.54, 1.807) is 17.2 Å². The van der Waals surface area contributed by atoms with E-state index < -0.39 is 23.5 Å². The summed E-state index contributed by atoms with van der Waals surface area (Å²) < 4.78 is 31.3. The first kappa shape index (κ1) is 22.2. The fourth-order valence-electron chi connectivity index (χ4n) is 5.17. The maximum absolute atomic E-state index is 12.4. The van der Waals surface area contributed by atoms with E-state index in [4.69, 9.17) is 28.5 Å². The number of rotatable bonds is 4. The molecular weight excluding hydrogens is 416 g/mol. The lowest BCUT2D eigenvalue weighted by atomic mass is 9.94. The standard InChI is InChI=1S/C23H32N2O7/c1-21(2)27-13-16-18(29-21)19-23(28-16,32-22(3,4)30-19)17-11-15(31-25(17)5)12-24-20(26)14-9-7-6-8-10-14/h6-10,15-19H,11-13H2,1-5H3,(H,24,26)/t15-,16-,17-,18+,19-,23-/m0/s1. The Balaban J connectivity index is 1.31. The fourth-order valence-corrected chi connectivity index (χ4v) is 5.17. The van der Waals surface area contributed by atoms with Crippen LogP contribution in [0.15, 0.2) is 30.3 Å². The number of ether oxygens (including phenoxy) is 5. The molecule has 9 nitrogen and oxygen atoms in total. The Kier molecular flexibility index (Phi) is 5.37. The van der Waals surface area contributed by atoms with Crippen LogP contribution < -0.4 is 5.32 Å². The molecule has 0 aliphatic carbocycles. The summed E-state index contributed by atoms with van der Waals surface area (Å²) in [5.74, 6) is -2.75. The van der Waals surface area contributed by atoms with Crippen molar-refractivity contribution in [2.24, 2.45) is 0 Å². The Morgan fingerprint density at radius 3 is 2.59 bits per heavy atom. The first-order chi connectivity index (χ1) is 15.1. The molecule has 32 heavy (non-hydrogen) atoms. The van der Waals surface area contributed by atoms with Gasteiger partial charge in [0.25, 0.3) is 5.91 Å². The number of likely N-dealkylation sites (N-methyl/N-ethyl adjacent to an activating group) is 1. The van der Waals surface area contributed by atoms with Crippen LogP contribution in [0.1, 0.15) is 44.5 Å². The monoisotopic (exact) mass is 448 g/mol. The van der Waals surface area contributed by atoms with Gasteiger partial charge in [-0.2, -0.15) is 5.06 Å². The summed E-state index contributed by atoms with van der Waals surface area (Å²) in [6, 6.07) is 8.89. The average Bonchev–Trinajstić information content (AvgIpc) is 3.33. The first-order valence-corrected chi connectivity index (χ1v) is 11.2. The van der Waals surface area contributed by atoms with Crippen molar-refractivity contribution in [3.8, 4) is 0 Å². The summed E-state index contributed by atoms with van der Waals surface area (Å²) in [6.07, 6.45) is -0.662. The normalized spacial score (nSPS) is 40.1. The Morgan fingerprint density at radius 2 is 1.84 bits per heavy atom. The third kappa shape index (κ3) is 3.86. The number of hydrogen-bond acceptors (Lipinski definition) is 8. The lowest BCUT2D eigenvalue weighted by Crippen LogP contribution is -2.55. The van der Waals surface area contributed by atoms with Gasteiger partial charge < -0.3 is 29.0 Å². The van der Waals surface area contributed by atoms with Crippen LogP contribution in [-0.4, -0.2) is 79.0 Å². The minimum Gasteiger partial charge on any atom is -0.349 e. The number of fused-ring (bicyclic) bond motifs is 3. The zero-order valence-corrected chi connectivity index (χ0v) is 19.2. The Morgan fingerprint density at radius 1 is 1.09 bits per heavy atom. The molecule has 0 radical (unpaired) electrons. The Labute approximate surface area is 188 Å². The maximum atomic E-state index is 12.4. The van der Waals surface area contributed by atoms with Gasteiger partial charge in [-0.25, -0.2) is 0 Å². The van der Waals surface area contributed by atoms with Gasteiger partial charge in [0, 0.05) is 25.6 Å². The Bertz CT molecular complexity index is 863. The van der Waals surface area contributed by atoms with E-state index >= 15 is 0 Å². The highest BCUT2D eigenvalue weighted by Crippen LogP contribution is 2.53. The van der Waals surface area contributed by atoms with Crippen molar-refractivity contribution in [3.05, 3.63) is 35.9 Å². The highest BCUT2D eigenvalue weighted by Gasteiger charge is 2.71. The van der Waals surface area contributed by atoms with Crippen molar-refractivity contribution < 1.29 is 33.3 Å². The van der Waals surface area contributed by atoms with Crippen molar-refractivity contribution in [1.29, 1.82) is 0 Å². The van der Waals surface area contributed by atoms with Crippen molar-refractivity contribution in [1.82, 2.24) is 10.4 Å². The third-order valence-electron chi connectivity index (χ3n) is 6.46. The van der Waals surface area contributed by atoms with Crippen molar-refractivity contribution in [3.63, 3.8) is 0 Å². The van der Waals surface area contributed by atoms with Crippen molar-refractivity contribution >= 4 is 5.91 Å². The SMILES string of the molecule is CN1O[C@H](CNC(=O)c2ccccc2)C[C@H]1[C@@]12O[C@H]3COC(C)(C)O[C@H]3[C@@H]1OC(C)(C)O2. The molecular formula is C23H32N2O7. The third-order valence-corrected chi connectivity index (χ3v) is 6.46. The quantitative estimate of drug-likeness (QED) is 0.747. The minimum atomic E-state index is -1.06. The minimum absolute atomic E-state index is 0.131. The number of benzene rings is 1. The fraction of sp³-hybridized carbons (Fsp3) is 0.696. The van der Waals surface area contributed by atoms with Gasteiger partial charge in [0.15, 0.2) is 11.6 Å². The lowest BCUT2D eigenvalue weighted by molar-refractivity contribution is -0.336. The van der Waals surface area contributed by atoms with Gasteiger partial charge >= 0.3 is 0 Å². The topological polar surface area (TPSA) is 87.7 Å². The van der Waals surface area contributed by atoms with Gasteiger partial charge in [0.1, 0.15) is 18.3 Å². The number of amides is 1. The van der Waals surface area contributed by atoms with Crippen LogP contribution in [0, 0.1) is 0 Å². The molecule has 4 aliphatic heterocycles. The summed E-state index contributed by atoms with van der Waals surface area (Å²) in [7, 11) is 1.86. The van der Waals surface area contributed by atoms with E-state index in [1.807, 2.05) is 52.9 Å². The van der Waals surface area contributed by atoms with E-state index in [2.05, 4.69) is 5.32 Å². The first-order valence-electron chi connectivity index (χ1n) is 11.2. The lowest BCUT2D eigenvalue weighted by Gasteiger charge is -2.38. The van der Waals surface area contributed by atoms with Crippen LogP contribution in [0.25, 0.3) is 0 Å². The molecule has 9 heteroatoms. The van der Waals surface area contributed by atoms with Gasteiger partial charge in [-0.05, 0) is 39.8 Å². The number of hydrogen-bond donors (Lipinski definition) is 1. The van der Waals surface area contributed by atoms with Crippen LogP contribution >= 0.6 is 0 Å². The molecule has 4 heterocycles. The molecule has 4 fully saturated rings. The molecule has 4 aliphatic rings. The molecule has 0 bridgehead atoms. The number of carbonyl (C=O) groups is 1. The largest absolute Gasteiger partial charge is 0.349 e. The molecule has 1 aromatic rings. The molecule has 1 aromatic carbocycles. The smallest absolute Gasteiger partial charge is 0.251 e. The molecule has 6 atom stereocenters. The van der Waals surface area contributed by atoms with Crippen LogP contribution in [0.5, 0.6) is 0 Å². The van der Waals surface area contributed by atoms with Gasteiger partial charge in [-0.15, -0.1) is 0 Å². The van der Waals surface area contributed by atoms with E-state index in [9.17, 15) is 4.79 Å². The highest BCUT2D eigenvalue weighted by atomic mass is 16.9. The Hall–Kier alpha value is -1.59. The number of nitrogens with zero attached hydrogens (tertiary/aromatic N) is 1. The van der Waals surface area contributed by atoms with Crippen molar-refractivity contribution in [2.45, 2.75) is 81.9 Å². The molecule has 1 N–H and O–H groups in total. The molecule has 4 saturated heterocycles. The van der Waals surface area contributed by atoms with Gasteiger partial charge in [-0.3, -0.25) is 9.63 Å². The number of hydroxylamine groups is 2. The molecule has 0 saturated carbocycles. The van der Waals surface area contributed by atoms with Gasteiger partial charge in [0.2, 0.25) is 5.79 Å². The molecule has 5 rings (SSSR count). The predicted octanol–water partition coefficient (Wildman–Crippen LogP) is 1.82. The predicted molar refractivity (Wildman–Crippen MR) is 112 cm³/mol.